The number of piperidine rings is 1. The lowest BCUT2D eigenvalue weighted by Gasteiger charge is -2.26. The minimum Gasteiger partial charge on any atom is -0.343 e. The van der Waals surface area contributed by atoms with Crippen LogP contribution in [0, 0.1) is 0 Å². The van der Waals surface area contributed by atoms with E-state index in [1.807, 2.05) is 11.8 Å². The normalized spacial score (nSPS) is 15.5. The van der Waals surface area contributed by atoms with E-state index in [1.165, 1.54) is 70.3 Å². The molecule has 0 unspecified atom stereocenters. The smallest absolute Gasteiger partial charge is 0.223 e. The van der Waals surface area contributed by atoms with Crippen LogP contribution < -0.4 is 0 Å². The molecule has 1 heterocycles. The maximum Gasteiger partial charge on any atom is 0.223 e. The molecule has 4 heteroatoms. The molecule has 22 heavy (non-hydrogen) atoms. The van der Waals surface area contributed by atoms with Gasteiger partial charge in [-0.15, -0.1) is 0 Å². The van der Waals surface area contributed by atoms with E-state index in [0.29, 0.717) is 5.91 Å². The first-order valence-corrected chi connectivity index (χ1v) is 10.5. The minimum atomic E-state index is 0.376. The van der Waals surface area contributed by atoms with Gasteiger partial charge in [0.15, 0.2) is 0 Å². The Labute approximate surface area is 142 Å². The maximum atomic E-state index is 12.1. The van der Waals surface area contributed by atoms with Crippen molar-refractivity contribution in [2.45, 2.75) is 65.2 Å². The lowest BCUT2D eigenvalue weighted by Crippen LogP contribution is -2.35. The molecule has 0 atom stereocenters. The van der Waals surface area contributed by atoms with E-state index in [1.54, 1.807) is 0 Å². The molecule has 0 aromatic carbocycles. The van der Waals surface area contributed by atoms with Crippen molar-refractivity contribution >= 4 is 17.7 Å². The summed E-state index contributed by atoms with van der Waals surface area (Å²) in [6.07, 6.45) is 9.59. The van der Waals surface area contributed by atoms with Gasteiger partial charge in [-0.3, -0.25) is 4.79 Å². The van der Waals surface area contributed by atoms with E-state index in [2.05, 4.69) is 23.6 Å². The third kappa shape index (κ3) is 9.04. The summed E-state index contributed by atoms with van der Waals surface area (Å²) >= 11 is 1.95. The Bertz CT molecular complexity index is 272. The zero-order valence-electron chi connectivity index (χ0n) is 14.8. The number of nitrogens with zero attached hydrogens (tertiary/aromatic N) is 2. The maximum absolute atomic E-state index is 12.1. The number of hydrogen-bond acceptors (Lipinski definition) is 3. The molecule has 130 valence electrons. The molecular formula is C18H36N2OS. The van der Waals surface area contributed by atoms with Crippen molar-refractivity contribution in [1.29, 1.82) is 0 Å². The zero-order valence-corrected chi connectivity index (χ0v) is 15.6. The molecule has 0 aliphatic carbocycles. The highest BCUT2D eigenvalue weighted by Gasteiger charge is 2.15. The highest BCUT2D eigenvalue weighted by Crippen LogP contribution is 2.12. The number of amides is 1. The molecule has 0 bridgehead atoms. The summed E-state index contributed by atoms with van der Waals surface area (Å²) in [6, 6.07) is 0. The molecule has 0 spiro atoms. The number of carbonyl (C=O) groups is 1. The summed E-state index contributed by atoms with van der Waals surface area (Å²) in [4.78, 5) is 16.8. The number of thioether (sulfide) groups is 1. The molecule has 3 nitrogen and oxygen atoms in total. The van der Waals surface area contributed by atoms with Gasteiger partial charge in [-0.2, -0.15) is 11.8 Å². The largest absolute Gasteiger partial charge is 0.343 e. The lowest BCUT2D eigenvalue weighted by atomic mass is 10.1. The third-order valence-electron chi connectivity index (χ3n) is 4.38. The SMILES string of the molecule is CCCCN(CCCC)CCSCCC(=O)N1CCCCC1. The highest BCUT2D eigenvalue weighted by molar-refractivity contribution is 7.99. The number of unbranched alkanes of at least 4 members (excludes halogenated alkanes) is 2. The quantitative estimate of drug-likeness (QED) is 0.505. The topological polar surface area (TPSA) is 23.6 Å². The van der Waals surface area contributed by atoms with Crippen molar-refractivity contribution in [3.63, 3.8) is 0 Å². The van der Waals surface area contributed by atoms with Gasteiger partial charge in [0.05, 0.1) is 0 Å². The monoisotopic (exact) mass is 328 g/mol. The fourth-order valence-electron chi connectivity index (χ4n) is 2.86. The fraction of sp³-hybridized carbons (Fsp3) is 0.944. The Kier molecular flexibility index (Phi) is 11.9. The van der Waals surface area contributed by atoms with Crippen LogP contribution in [0.1, 0.15) is 65.2 Å². The van der Waals surface area contributed by atoms with Gasteiger partial charge in [-0.25, -0.2) is 0 Å². The molecule has 0 aromatic rings. The summed E-state index contributed by atoms with van der Waals surface area (Å²) in [5.41, 5.74) is 0. The van der Waals surface area contributed by atoms with E-state index in [-0.39, 0.29) is 0 Å². The minimum absolute atomic E-state index is 0.376. The molecule has 1 fully saturated rings. The fourth-order valence-corrected chi connectivity index (χ4v) is 3.77. The summed E-state index contributed by atoms with van der Waals surface area (Å²) in [5, 5.41) is 0. The van der Waals surface area contributed by atoms with Crippen LogP contribution >= 0.6 is 11.8 Å². The first-order valence-electron chi connectivity index (χ1n) is 9.35. The van der Waals surface area contributed by atoms with Gasteiger partial charge in [0.25, 0.3) is 0 Å². The second-order valence-electron chi connectivity index (χ2n) is 6.35. The Morgan fingerprint density at radius 3 is 2.18 bits per heavy atom. The van der Waals surface area contributed by atoms with Gasteiger partial charge in [-0.05, 0) is 45.2 Å². The summed E-state index contributed by atoms with van der Waals surface area (Å²) in [5.74, 6) is 2.53. The number of hydrogen-bond donors (Lipinski definition) is 0. The molecule has 0 saturated carbocycles. The third-order valence-corrected chi connectivity index (χ3v) is 5.34. The van der Waals surface area contributed by atoms with E-state index in [4.69, 9.17) is 0 Å². The molecule has 1 saturated heterocycles. The van der Waals surface area contributed by atoms with Gasteiger partial charge in [0, 0.05) is 37.6 Å². The van der Waals surface area contributed by atoms with E-state index < -0.39 is 0 Å². The summed E-state index contributed by atoms with van der Waals surface area (Å²) in [7, 11) is 0. The van der Waals surface area contributed by atoms with Crippen molar-refractivity contribution in [3.05, 3.63) is 0 Å². The second kappa shape index (κ2) is 13.2. The van der Waals surface area contributed by atoms with Crippen LogP contribution in [-0.4, -0.2) is 59.9 Å². The van der Waals surface area contributed by atoms with Crippen molar-refractivity contribution in [3.8, 4) is 0 Å². The van der Waals surface area contributed by atoms with Crippen LogP contribution in [0.4, 0.5) is 0 Å². The number of rotatable bonds is 12. The standard InChI is InChI=1S/C18H36N2OS/c1-3-5-11-19(12-6-4-2)15-17-22-16-10-18(21)20-13-8-7-9-14-20/h3-17H2,1-2H3. The number of likely N-dealkylation sites (tertiary alicyclic amines) is 1. The van der Waals surface area contributed by atoms with Crippen LogP contribution in [-0.2, 0) is 4.79 Å². The summed E-state index contributed by atoms with van der Waals surface area (Å²) < 4.78 is 0. The molecule has 1 rings (SSSR count). The Morgan fingerprint density at radius 1 is 0.955 bits per heavy atom. The average molecular weight is 329 g/mol. The van der Waals surface area contributed by atoms with Crippen LogP contribution in [0.5, 0.6) is 0 Å². The molecule has 1 amide bonds. The predicted octanol–water partition coefficient (Wildman–Crippen LogP) is 4.02. The van der Waals surface area contributed by atoms with Gasteiger partial charge >= 0.3 is 0 Å². The first kappa shape index (κ1) is 19.8. The molecule has 1 aliphatic heterocycles. The van der Waals surface area contributed by atoms with Crippen molar-refractivity contribution in [1.82, 2.24) is 9.80 Å². The van der Waals surface area contributed by atoms with Crippen LogP contribution in [0.15, 0.2) is 0 Å². The molecule has 0 N–H and O–H groups in total. The Hall–Kier alpha value is -0.220. The van der Waals surface area contributed by atoms with Crippen LogP contribution in [0.2, 0.25) is 0 Å². The lowest BCUT2D eigenvalue weighted by molar-refractivity contribution is -0.131. The second-order valence-corrected chi connectivity index (χ2v) is 7.58. The van der Waals surface area contributed by atoms with Gasteiger partial charge in [0.2, 0.25) is 5.91 Å². The molecule has 0 radical (unpaired) electrons. The van der Waals surface area contributed by atoms with E-state index >= 15 is 0 Å². The number of carbonyl (C=O) groups excluding carboxylic acids is 1. The van der Waals surface area contributed by atoms with Crippen molar-refractivity contribution in [2.24, 2.45) is 0 Å². The Balaban J connectivity index is 2.07. The van der Waals surface area contributed by atoms with Crippen LogP contribution in [0.3, 0.4) is 0 Å². The first-order chi connectivity index (χ1) is 10.8. The molecule has 0 aromatic heterocycles. The van der Waals surface area contributed by atoms with Gasteiger partial charge in [-0.1, -0.05) is 26.7 Å². The van der Waals surface area contributed by atoms with Crippen LogP contribution in [0.25, 0.3) is 0 Å². The zero-order chi connectivity index (χ0) is 16.0. The molecular weight excluding hydrogens is 292 g/mol. The Morgan fingerprint density at radius 2 is 1.59 bits per heavy atom. The van der Waals surface area contributed by atoms with Gasteiger partial charge < -0.3 is 9.80 Å². The van der Waals surface area contributed by atoms with Gasteiger partial charge in [0.1, 0.15) is 0 Å². The van der Waals surface area contributed by atoms with Crippen molar-refractivity contribution in [2.75, 3.05) is 44.2 Å². The van der Waals surface area contributed by atoms with E-state index in [0.717, 1.165) is 25.3 Å². The summed E-state index contributed by atoms with van der Waals surface area (Å²) in [6.45, 7) is 10.2. The average Bonchev–Trinajstić information content (AvgIpc) is 2.56. The van der Waals surface area contributed by atoms with Crippen molar-refractivity contribution < 1.29 is 4.79 Å². The predicted molar refractivity (Wildman–Crippen MR) is 98.6 cm³/mol. The molecule has 1 aliphatic rings. The van der Waals surface area contributed by atoms with E-state index in [9.17, 15) is 4.79 Å². The highest BCUT2D eigenvalue weighted by atomic mass is 32.2.